The standard InChI is InChI=1S/C30H31N3O3/c1-3-7-27(33-16-14-32(15-17-33)22-9-6-8-20(2)18-22)31-30(36)21-12-13-25-26(19-21)29(35)24-11-5-4-10-23(24)28(25)34/h4-6,8-13,18-19,27H,3,7,14-17H2,1-2H3,(H,31,36). The maximum Gasteiger partial charge on any atom is 0.252 e. The highest BCUT2D eigenvalue weighted by Crippen LogP contribution is 2.28. The van der Waals surface area contributed by atoms with Gasteiger partial charge in [-0.1, -0.05) is 49.7 Å². The molecule has 1 aliphatic heterocycles. The third-order valence-corrected chi connectivity index (χ3v) is 7.17. The van der Waals surface area contributed by atoms with Crippen LogP contribution in [0.4, 0.5) is 5.69 Å². The number of carbonyl (C=O) groups is 3. The summed E-state index contributed by atoms with van der Waals surface area (Å²) in [6, 6.07) is 20.2. The summed E-state index contributed by atoms with van der Waals surface area (Å²) in [6.07, 6.45) is 1.69. The molecule has 1 heterocycles. The van der Waals surface area contributed by atoms with Gasteiger partial charge in [0.2, 0.25) is 0 Å². The molecule has 1 saturated heterocycles. The maximum absolute atomic E-state index is 13.3. The quantitative estimate of drug-likeness (QED) is 0.441. The van der Waals surface area contributed by atoms with Crippen molar-refractivity contribution < 1.29 is 14.4 Å². The number of nitrogens with zero attached hydrogens (tertiary/aromatic N) is 2. The highest BCUT2D eigenvalue weighted by atomic mass is 16.2. The van der Waals surface area contributed by atoms with Crippen molar-refractivity contribution in [1.82, 2.24) is 10.2 Å². The molecule has 0 spiro atoms. The van der Waals surface area contributed by atoms with E-state index in [1.807, 2.05) is 0 Å². The number of nitrogens with one attached hydrogen (secondary N) is 1. The Bertz CT molecular complexity index is 1320. The number of aryl methyl sites for hydroxylation is 1. The molecule has 1 atom stereocenters. The van der Waals surface area contributed by atoms with E-state index in [1.165, 1.54) is 11.3 Å². The third kappa shape index (κ3) is 4.56. The number of ketones is 2. The number of fused-ring (bicyclic) bond motifs is 2. The lowest BCUT2D eigenvalue weighted by atomic mass is 9.83. The summed E-state index contributed by atoms with van der Waals surface area (Å²) in [4.78, 5) is 43.9. The van der Waals surface area contributed by atoms with Crippen molar-refractivity contribution in [2.75, 3.05) is 31.1 Å². The number of rotatable bonds is 6. The van der Waals surface area contributed by atoms with E-state index in [4.69, 9.17) is 0 Å². The Morgan fingerprint density at radius 3 is 2.17 bits per heavy atom. The van der Waals surface area contributed by atoms with E-state index in [0.717, 1.165) is 39.0 Å². The zero-order valence-corrected chi connectivity index (χ0v) is 20.8. The Morgan fingerprint density at radius 2 is 1.50 bits per heavy atom. The molecule has 3 aromatic rings. The number of piperazine rings is 1. The van der Waals surface area contributed by atoms with Crippen LogP contribution in [-0.4, -0.2) is 54.7 Å². The van der Waals surface area contributed by atoms with Gasteiger partial charge in [-0.25, -0.2) is 0 Å². The molecule has 1 unspecified atom stereocenters. The molecule has 3 aromatic carbocycles. The Labute approximate surface area is 211 Å². The highest BCUT2D eigenvalue weighted by Gasteiger charge is 2.31. The Balaban J connectivity index is 1.29. The van der Waals surface area contributed by atoms with E-state index in [2.05, 4.69) is 53.2 Å². The molecule has 0 aromatic heterocycles. The minimum atomic E-state index is -0.225. The van der Waals surface area contributed by atoms with Crippen LogP contribution in [0.3, 0.4) is 0 Å². The molecule has 0 radical (unpaired) electrons. The van der Waals surface area contributed by atoms with Gasteiger partial charge in [-0.15, -0.1) is 0 Å². The monoisotopic (exact) mass is 481 g/mol. The second-order valence-electron chi connectivity index (χ2n) is 9.60. The van der Waals surface area contributed by atoms with Gasteiger partial charge in [0.05, 0.1) is 6.17 Å². The predicted molar refractivity (Wildman–Crippen MR) is 141 cm³/mol. The van der Waals surface area contributed by atoms with Crippen LogP contribution >= 0.6 is 0 Å². The number of hydrogen-bond donors (Lipinski definition) is 1. The third-order valence-electron chi connectivity index (χ3n) is 7.17. The molecule has 0 saturated carbocycles. The summed E-state index contributed by atoms with van der Waals surface area (Å²) in [7, 11) is 0. The first-order valence-electron chi connectivity index (χ1n) is 12.6. The topological polar surface area (TPSA) is 69.7 Å². The van der Waals surface area contributed by atoms with Gasteiger partial charge in [0.1, 0.15) is 0 Å². The van der Waals surface area contributed by atoms with Gasteiger partial charge in [-0.3, -0.25) is 19.3 Å². The molecule has 5 rings (SSSR count). The molecule has 1 aliphatic carbocycles. The average Bonchev–Trinajstić information content (AvgIpc) is 2.91. The van der Waals surface area contributed by atoms with Gasteiger partial charge in [0, 0.05) is 59.7 Å². The van der Waals surface area contributed by atoms with E-state index in [1.54, 1.807) is 42.5 Å². The van der Waals surface area contributed by atoms with Gasteiger partial charge in [-0.2, -0.15) is 0 Å². The Morgan fingerprint density at radius 1 is 0.833 bits per heavy atom. The van der Waals surface area contributed by atoms with E-state index < -0.39 is 0 Å². The summed E-state index contributed by atoms with van der Waals surface area (Å²) in [5.74, 6) is -0.619. The second kappa shape index (κ2) is 10.1. The number of benzene rings is 3. The van der Waals surface area contributed by atoms with Crippen LogP contribution < -0.4 is 10.2 Å². The van der Waals surface area contributed by atoms with E-state index >= 15 is 0 Å². The molecule has 36 heavy (non-hydrogen) atoms. The van der Waals surface area contributed by atoms with Gasteiger partial charge >= 0.3 is 0 Å². The zero-order valence-electron chi connectivity index (χ0n) is 20.8. The van der Waals surface area contributed by atoms with E-state index in [9.17, 15) is 14.4 Å². The fraction of sp³-hybridized carbons (Fsp3) is 0.300. The number of amides is 1. The molecule has 1 fully saturated rings. The SMILES string of the molecule is CCCC(NC(=O)c1ccc2c(c1)C(=O)c1ccccc1C2=O)N1CCN(c2cccc(C)c2)CC1. The van der Waals surface area contributed by atoms with Crippen molar-refractivity contribution in [3.8, 4) is 0 Å². The zero-order chi connectivity index (χ0) is 25.2. The van der Waals surface area contributed by atoms with Crippen LogP contribution in [0.5, 0.6) is 0 Å². The van der Waals surface area contributed by atoms with Crippen molar-refractivity contribution in [2.24, 2.45) is 0 Å². The molecular formula is C30H31N3O3. The molecule has 1 amide bonds. The summed E-state index contributed by atoms with van der Waals surface area (Å²) in [5, 5.41) is 3.19. The minimum Gasteiger partial charge on any atom is -0.369 e. The lowest BCUT2D eigenvalue weighted by molar-refractivity contribution is 0.0824. The summed E-state index contributed by atoms with van der Waals surface area (Å²) in [6.45, 7) is 7.72. The molecule has 6 nitrogen and oxygen atoms in total. The van der Waals surface area contributed by atoms with Crippen molar-refractivity contribution >= 4 is 23.2 Å². The normalized spacial score (nSPS) is 16.3. The summed E-state index contributed by atoms with van der Waals surface area (Å²) < 4.78 is 0. The molecule has 0 bridgehead atoms. The first kappa shape index (κ1) is 23.9. The second-order valence-corrected chi connectivity index (χ2v) is 9.60. The lowest BCUT2D eigenvalue weighted by Crippen LogP contribution is -2.56. The molecule has 1 N–H and O–H groups in total. The van der Waals surface area contributed by atoms with Gasteiger partial charge in [0.15, 0.2) is 11.6 Å². The molecule has 2 aliphatic rings. The van der Waals surface area contributed by atoms with Crippen molar-refractivity contribution in [3.05, 3.63) is 100 Å². The Hall–Kier alpha value is -3.77. The van der Waals surface area contributed by atoms with Gasteiger partial charge < -0.3 is 10.2 Å². The van der Waals surface area contributed by atoms with Crippen LogP contribution in [0, 0.1) is 6.92 Å². The minimum absolute atomic E-state index is 0.0868. The largest absolute Gasteiger partial charge is 0.369 e. The summed E-state index contributed by atoms with van der Waals surface area (Å²) in [5.41, 5.74) is 4.34. The van der Waals surface area contributed by atoms with Crippen molar-refractivity contribution in [2.45, 2.75) is 32.9 Å². The number of hydrogen-bond acceptors (Lipinski definition) is 5. The molecule has 6 heteroatoms. The predicted octanol–water partition coefficient (Wildman–Crippen LogP) is 4.45. The van der Waals surface area contributed by atoms with Crippen LogP contribution in [0.25, 0.3) is 0 Å². The fourth-order valence-electron chi connectivity index (χ4n) is 5.21. The van der Waals surface area contributed by atoms with Crippen LogP contribution in [0.1, 0.15) is 67.5 Å². The average molecular weight is 482 g/mol. The van der Waals surface area contributed by atoms with E-state index in [0.29, 0.717) is 27.8 Å². The Kier molecular flexibility index (Phi) is 6.70. The van der Waals surface area contributed by atoms with E-state index in [-0.39, 0.29) is 23.6 Å². The van der Waals surface area contributed by atoms with Crippen molar-refractivity contribution in [3.63, 3.8) is 0 Å². The van der Waals surface area contributed by atoms with Crippen LogP contribution in [0.2, 0.25) is 0 Å². The van der Waals surface area contributed by atoms with Crippen LogP contribution in [-0.2, 0) is 0 Å². The molecule has 184 valence electrons. The maximum atomic E-state index is 13.3. The number of anilines is 1. The lowest BCUT2D eigenvalue weighted by Gasteiger charge is -2.40. The van der Waals surface area contributed by atoms with Gasteiger partial charge in [0.25, 0.3) is 5.91 Å². The first-order valence-corrected chi connectivity index (χ1v) is 12.6. The number of carbonyl (C=O) groups excluding carboxylic acids is 3. The van der Waals surface area contributed by atoms with Crippen molar-refractivity contribution in [1.29, 1.82) is 0 Å². The first-order chi connectivity index (χ1) is 17.5. The van der Waals surface area contributed by atoms with Gasteiger partial charge in [-0.05, 0) is 49.2 Å². The summed E-state index contributed by atoms with van der Waals surface area (Å²) >= 11 is 0. The fourth-order valence-corrected chi connectivity index (χ4v) is 5.21. The molecular weight excluding hydrogens is 450 g/mol. The smallest absolute Gasteiger partial charge is 0.252 e. The highest BCUT2D eigenvalue weighted by molar-refractivity contribution is 6.28. The van der Waals surface area contributed by atoms with Crippen LogP contribution in [0.15, 0.2) is 66.7 Å².